The molecule has 3 aromatic heterocycles. The van der Waals surface area contributed by atoms with Gasteiger partial charge in [-0.2, -0.15) is 0 Å². The van der Waals surface area contributed by atoms with Crippen LogP contribution in [0.4, 0.5) is 0 Å². The third-order valence-electron chi connectivity index (χ3n) is 3.82. The molecule has 1 amide bonds. The molecule has 0 aliphatic carbocycles. The zero-order valence-electron chi connectivity index (χ0n) is 13.2. The standard InChI is InChI=1S/C18H14N6O/c19-16(25)13-10-21-15(9-12-5-2-1-3-6-12)23-17(13)24-11-22-14-7-4-8-20-18(14)24/h1-8,10-11H,9H2,(H2,19,25). The number of primary amides is 1. The first-order valence-electron chi connectivity index (χ1n) is 7.70. The fourth-order valence-corrected chi connectivity index (χ4v) is 2.63. The highest BCUT2D eigenvalue weighted by Gasteiger charge is 2.16. The van der Waals surface area contributed by atoms with E-state index >= 15 is 0 Å². The summed E-state index contributed by atoms with van der Waals surface area (Å²) in [5.74, 6) is 0.373. The molecule has 1 aromatic carbocycles. The summed E-state index contributed by atoms with van der Waals surface area (Å²) in [6.07, 6.45) is 5.25. The summed E-state index contributed by atoms with van der Waals surface area (Å²) in [6.45, 7) is 0. The third-order valence-corrected chi connectivity index (χ3v) is 3.82. The lowest BCUT2D eigenvalue weighted by atomic mass is 10.1. The van der Waals surface area contributed by atoms with Crippen LogP contribution >= 0.6 is 0 Å². The number of benzene rings is 1. The van der Waals surface area contributed by atoms with Gasteiger partial charge in [-0.3, -0.25) is 9.36 Å². The number of carbonyl (C=O) groups is 1. The van der Waals surface area contributed by atoms with Crippen LogP contribution in [0.2, 0.25) is 0 Å². The molecule has 0 aliphatic heterocycles. The van der Waals surface area contributed by atoms with E-state index in [1.54, 1.807) is 23.2 Å². The van der Waals surface area contributed by atoms with E-state index in [0.717, 1.165) is 5.56 Å². The Kier molecular flexibility index (Phi) is 3.66. The van der Waals surface area contributed by atoms with Crippen LogP contribution in [0.3, 0.4) is 0 Å². The molecule has 3 heterocycles. The number of aromatic nitrogens is 5. The van der Waals surface area contributed by atoms with E-state index < -0.39 is 5.91 Å². The Bertz CT molecular complexity index is 1060. The maximum absolute atomic E-state index is 11.8. The highest BCUT2D eigenvalue weighted by atomic mass is 16.1. The van der Waals surface area contributed by atoms with Gasteiger partial charge in [-0.15, -0.1) is 0 Å². The maximum Gasteiger partial charge on any atom is 0.254 e. The van der Waals surface area contributed by atoms with Gasteiger partial charge in [0.05, 0.1) is 0 Å². The zero-order chi connectivity index (χ0) is 17.2. The molecule has 0 aliphatic rings. The van der Waals surface area contributed by atoms with Gasteiger partial charge in [0, 0.05) is 18.8 Å². The van der Waals surface area contributed by atoms with Gasteiger partial charge in [-0.05, 0) is 17.7 Å². The van der Waals surface area contributed by atoms with Crippen molar-refractivity contribution < 1.29 is 4.79 Å². The Morgan fingerprint density at radius 1 is 1.04 bits per heavy atom. The van der Waals surface area contributed by atoms with Crippen LogP contribution in [0.15, 0.2) is 61.2 Å². The van der Waals surface area contributed by atoms with E-state index in [9.17, 15) is 4.79 Å². The lowest BCUT2D eigenvalue weighted by Gasteiger charge is -2.09. The summed E-state index contributed by atoms with van der Waals surface area (Å²) in [6, 6.07) is 13.5. The van der Waals surface area contributed by atoms with Gasteiger partial charge in [0.1, 0.15) is 23.2 Å². The van der Waals surface area contributed by atoms with E-state index in [1.807, 2.05) is 36.4 Å². The largest absolute Gasteiger partial charge is 0.365 e. The van der Waals surface area contributed by atoms with Crippen molar-refractivity contribution in [1.29, 1.82) is 0 Å². The predicted octanol–water partition coefficient (Wildman–Crippen LogP) is 1.90. The topological polar surface area (TPSA) is 99.6 Å². The molecule has 7 heteroatoms. The SMILES string of the molecule is NC(=O)c1cnc(Cc2ccccc2)nc1-n1cnc2cccnc21. The molecule has 0 fully saturated rings. The Morgan fingerprint density at radius 2 is 1.88 bits per heavy atom. The Morgan fingerprint density at radius 3 is 2.68 bits per heavy atom. The monoisotopic (exact) mass is 330 g/mol. The van der Waals surface area contributed by atoms with Crippen LogP contribution in [0, 0.1) is 0 Å². The predicted molar refractivity (Wildman–Crippen MR) is 92.2 cm³/mol. The highest BCUT2D eigenvalue weighted by Crippen LogP contribution is 2.18. The van der Waals surface area contributed by atoms with Crippen LogP contribution in [0.1, 0.15) is 21.7 Å². The molecular weight excluding hydrogens is 316 g/mol. The number of pyridine rings is 1. The van der Waals surface area contributed by atoms with Crippen molar-refractivity contribution in [2.75, 3.05) is 0 Å². The van der Waals surface area contributed by atoms with Gasteiger partial charge in [0.15, 0.2) is 11.5 Å². The van der Waals surface area contributed by atoms with Gasteiger partial charge in [0.2, 0.25) is 0 Å². The van der Waals surface area contributed by atoms with E-state index in [0.29, 0.717) is 29.2 Å². The number of hydrogen-bond donors (Lipinski definition) is 1. The average molecular weight is 330 g/mol. The molecular formula is C18H14N6O. The molecule has 0 saturated heterocycles. The van der Waals surface area contributed by atoms with Crippen molar-refractivity contribution in [2.45, 2.75) is 6.42 Å². The molecule has 0 spiro atoms. The molecule has 4 aromatic rings. The second kappa shape index (κ2) is 6.12. The van der Waals surface area contributed by atoms with Crippen molar-refractivity contribution in [3.63, 3.8) is 0 Å². The molecule has 7 nitrogen and oxygen atoms in total. The maximum atomic E-state index is 11.8. The minimum Gasteiger partial charge on any atom is -0.365 e. The van der Waals surface area contributed by atoms with E-state index in [1.165, 1.54) is 6.20 Å². The fourth-order valence-electron chi connectivity index (χ4n) is 2.63. The first kappa shape index (κ1) is 14.9. The number of carbonyl (C=O) groups excluding carboxylic acids is 1. The lowest BCUT2D eigenvalue weighted by Crippen LogP contribution is -2.17. The summed E-state index contributed by atoms with van der Waals surface area (Å²) in [5, 5.41) is 0. The normalized spacial score (nSPS) is 10.9. The van der Waals surface area contributed by atoms with Crippen LogP contribution in [0.25, 0.3) is 17.0 Å². The average Bonchev–Trinajstić information content (AvgIpc) is 3.06. The molecule has 0 bridgehead atoms. The Labute approximate surface area is 143 Å². The summed E-state index contributed by atoms with van der Waals surface area (Å²) < 4.78 is 1.66. The molecule has 25 heavy (non-hydrogen) atoms. The first-order valence-corrected chi connectivity index (χ1v) is 7.70. The van der Waals surface area contributed by atoms with Gasteiger partial charge < -0.3 is 5.73 Å². The smallest absolute Gasteiger partial charge is 0.254 e. The minimum atomic E-state index is -0.598. The van der Waals surface area contributed by atoms with Crippen LogP contribution in [-0.4, -0.2) is 30.4 Å². The van der Waals surface area contributed by atoms with Crippen molar-refractivity contribution in [2.24, 2.45) is 5.73 Å². The summed E-state index contributed by atoms with van der Waals surface area (Å²) >= 11 is 0. The van der Waals surface area contributed by atoms with Crippen molar-refractivity contribution in [3.8, 4) is 5.82 Å². The molecule has 2 N–H and O–H groups in total. The van der Waals surface area contributed by atoms with Crippen molar-refractivity contribution in [3.05, 3.63) is 78.1 Å². The molecule has 122 valence electrons. The van der Waals surface area contributed by atoms with Gasteiger partial charge in [0.25, 0.3) is 5.91 Å². The Balaban J connectivity index is 1.84. The summed E-state index contributed by atoms with van der Waals surface area (Å²) in [7, 11) is 0. The number of hydrogen-bond acceptors (Lipinski definition) is 5. The van der Waals surface area contributed by atoms with Crippen LogP contribution in [-0.2, 0) is 6.42 Å². The number of amides is 1. The minimum absolute atomic E-state index is 0.224. The zero-order valence-corrected chi connectivity index (χ0v) is 13.2. The van der Waals surface area contributed by atoms with Gasteiger partial charge in [-0.1, -0.05) is 30.3 Å². The molecule has 0 radical (unpaired) electrons. The molecule has 0 atom stereocenters. The Hall–Kier alpha value is -3.61. The quantitative estimate of drug-likeness (QED) is 0.616. The number of imidazole rings is 1. The first-order chi connectivity index (χ1) is 12.2. The fraction of sp³-hybridized carbons (Fsp3) is 0.0556. The van der Waals surface area contributed by atoms with Crippen LogP contribution in [0.5, 0.6) is 0 Å². The van der Waals surface area contributed by atoms with Crippen molar-refractivity contribution in [1.82, 2.24) is 24.5 Å². The molecule has 0 saturated carbocycles. The van der Waals surface area contributed by atoms with E-state index in [-0.39, 0.29) is 5.56 Å². The highest BCUT2D eigenvalue weighted by molar-refractivity contribution is 5.96. The van der Waals surface area contributed by atoms with E-state index in [4.69, 9.17) is 5.73 Å². The molecule has 4 rings (SSSR count). The second-order valence-corrected chi connectivity index (χ2v) is 5.51. The third kappa shape index (κ3) is 2.83. The molecule has 0 unspecified atom stereocenters. The van der Waals surface area contributed by atoms with Gasteiger partial charge >= 0.3 is 0 Å². The number of fused-ring (bicyclic) bond motifs is 1. The number of nitrogens with two attached hydrogens (primary N) is 1. The van der Waals surface area contributed by atoms with Crippen LogP contribution < -0.4 is 5.73 Å². The summed E-state index contributed by atoms with van der Waals surface area (Å²) in [4.78, 5) is 29.3. The number of nitrogens with zero attached hydrogens (tertiary/aromatic N) is 5. The van der Waals surface area contributed by atoms with E-state index in [2.05, 4.69) is 19.9 Å². The second-order valence-electron chi connectivity index (χ2n) is 5.51. The summed E-state index contributed by atoms with van der Waals surface area (Å²) in [5.41, 5.74) is 8.11. The van der Waals surface area contributed by atoms with Gasteiger partial charge in [-0.25, -0.2) is 19.9 Å². The number of rotatable bonds is 4. The lowest BCUT2D eigenvalue weighted by molar-refractivity contribution is 0.0999. The van der Waals surface area contributed by atoms with Crippen molar-refractivity contribution >= 4 is 17.1 Å².